The number of nitrogens with zero attached hydrogens (tertiary/aromatic N) is 2. The second-order valence-electron chi connectivity index (χ2n) is 7.44. The summed E-state index contributed by atoms with van der Waals surface area (Å²) in [4.78, 5) is 16.5. The zero-order valence-corrected chi connectivity index (χ0v) is 18.2. The van der Waals surface area contributed by atoms with Gasteiger partial charge in [0, 0.05) is 32.6 Å². The molecule has 1 fully saturated rings. The zero-order valence-electron chi connectivity index (χ0n) is 17.4. The fourth-order valence-electron chi connectivity index (χ4n) is 3.52. The molecular weight excluding hydrogens is 447 g/mol. The number of hydrogen-bond donors (Lipinski definition) is 1. The third kappa shape index (κ3) is 6.44. The molecule has 0 spiro atoms. The summed E-state index contributed by atoms with van der Waals surface area (Å²) >= 11 is 0. The molecule has 0 bridgehead atoms. The fourth-order valence-corrected chi connectivity index (χ4v) is 4.55. The third-order valence-corrected chi connectivity index (χ3v) is 6.56. The van der Waals surface area contributed by atoms with E-state index in [1.807, 2.05) is 37.4 Å². The van der Waals surface area contributed by atoms with Crippen LogP contribution in [-0.4, -0.2) is 63.7 Å². The van der Waals surface area contributed by atoms with Crippen molar-refractivity contribution >= 4 is 15.9 Å². The predicted octanol–water partition coefficient (Wildman–Crippen LogP) is 2.77. The average molecular weight is 472 g/mol. The third-order valence-electron chi connectivity index (χ3n) is 5.09. The van der Waals surface area contributed by atoms with Crippen LogP contribution in [-0.2, 0) is 14.8 Å². The van der Waals surface area contributed by atoms with Crippen LogP contribution >= 0.6 is 0 Å². The van der Waals surface area contributed by atoms with Gasteiger partial charge >= 0.3 is 6.36 Å². The fraction of sp³-hybridized carbons (Fsp3) is 0.381. The van der Waals surface area contributed by atoms with E-state index in [-0.39, 0.29) is 29.8 Å². The summed E-state index contributed by atoms with van der Waals surface area (Å²) in [5.74, 6) is -0.697. The van der Waals surface area contributed by atoms with Gasteiger partial charge in [0.05, 0.1) is 10.9 Å². The van der Waals surface area contributed by atoms with Crippen molar-refractivity contribution in [2.24, 2.45) is 0 Å². The van der Waals surface area contributed by atoms with E-state index in [1.54, 1.807) is 4.90 Å². The van der Waals surface area contributed by atoms with Crippen LogP contribution in [0, 0.1) is 0 Å². The van der Waals surface area contributed by atoms with Crippen molar-refractivity contribution in [3.05, 3.63) is 60.2 Å². The van der Waals surface area contributed by atoms with Crippen LogP contribution in [0.5, 0.6) is 5.75 Å². The molecule has 1 unspecified atom stereocenters. The highest BCUT2D eigenvalue weighted by Crippen LogP contribution is 2.26. The Labute approximate surface area is 184 Å². The largest absolute Gasteiger partial charge is 0.573 e. The molecule has 1 N–H and O–H groups in total. The lowest BCUT2D eigenvalue weighted by Gasteiger charge is -2.40. The number of sulfonamides is 1. The van der Waals surface area contributed by atoms with E-state index in [2.05, 4.69) is 14.4 Å². The Morgan fingerprint density at radius 1 is 1.09 bits per heavy atom. The average Bonchev–Trinajstić information content (AvgIpc) is 2.73. The number of hydrogen-bond acceptors (Lipinski definition) is 5. The van der Waals surface area contributed by atoms with E-state index >= 15 is 0 Å². The second-order valence-corrected chi connectivity index (χ2v) is 9.21. The van der Waals surface area contributed by atoms with Crippen LogP contribution in [0.3, 0.4) is 0 Å². The lowest BCUT2D eigenvalue weighted by atomic mass is 10.0. The summed E-state index contributed by atoms with van der Waals surface area (Å²) in [5.41, 5.74) is 1.01. The van der Waals surface area contributed by atoms with Crippen molar-refractivity contribution in [1.29, 1.82) is 0 Å². The molecule has 1 saturated heterocycles. The van der Waals surface area contributed by atoms with E-state index in [0.717, 1.165) is 29.8 Å². The molecule has 1 amide bonds. The van der Waals surface area contributed by atoms with Crippen LogP contribution < -0.4 is 9.46 Å². The number of carbonyl (C=O) groups is 1. The van der Waals surface area contributed by atoms with E-state index < -0.39 is 22.1 Å². The summed E-state index contributed by atoms with van der Waals surface area (Å²) in [6.45, 7) is 1.79. The number of amides is 1. The maximum atomic E-state index is 12.8. The second kappa shape index (κ2) is 9.88. The molecule has 2 aromatic rings. The van der Waals surface area contributed by atoms with Gasteiger partial charge in [-0.3, -0.25) is 4.79 Å². The number of rotatable bonds is 7. The van der Waals surface area contributed by atoms with Gasteiger partial charge in [-0.15, -0.1) is 13.2 Å². The number of piperazine rings is 1. The first kappa shape index (κ1) is 24.0. The molecule has 2 aromatic carbocycles. The number of alkyl halides is 3. The minimum absolute atomic E-state index is 0.0401. The van der Waals surface area contributed by atoms with Crippen molar-refractivity contribution in [3.63, 3.8) is 0 Å². The van der Waals surface area contributed by atoms with E-state index in [9.17, 15) is 26.4 Å². The molecule has 1 aliphatic heterocycles. The molecule has 0 saturated carbocycles. The first-order valence-corrected chi connectivity index (χ1v) is 11.4. The quantitative estimate of drug-likeness (QED) is 0.672. The molecule has 0 aromatic heterocycles. The predicted molar refractivity (Wildman–Crippen MR) is 111 cm³/mol. The highest BCUT2D eigenvalue weighted by Gasteiger charge is 2.32. The summed E-state index contributed by atoms with van der Waals surface area (Å²) in [7, 11) is -2.00. The molecule has 1 heterocycles. The summed E-state index contributed by atoms with van der Waals surface area (Å²) in [6.07, 6.45) is -4.90. The molecule has 0 radical (unpaired) electrons. The minimum atomic E-state index is -4.86. The maximum absolute atomic E-state index is 12.8. The SMILES string of the molecule is CN1CCN(C(=O)CCNS(=O)(=O)c2ccc(OC(F)(F)F)cc2)C(c2ccccc2)C1. The number of carbonyl (C=O) groups excluding carboxylic acids is 1. The topological polar surface area (TPSA) is 79.0 Å². The van der Waals surface area contributed by atoms with E-state index in [0.29, 0.717) is 19.6 Å². The summed E-state index contributed by atoms with van der Waals surface area (Å²) in [5, 5.41) is 0. The van der Waals surface area contributed by atoms with Crippen LogP contribution in [0.15, 0.2) is 59.5 Å². The molecule has 7 nitrogen and oxygen atoms in total. The Morgan fingerprint density at radius 3 is 2.38 bits per heavy atom. The van der Waals surface area contributed by atoms with Gasteiger partial charge in [-0.05, 0) is 36.9 Å². The standard InChI is InChI=1S/C21H24F3N3O4S/c1-26-13-14-27(19(15-26)16-5-3-2-4-6-16)20(28)11-12-25-32(29,30)18-9-7-17(8-10-18)31-21(22,23)24/h2-10,19,25H,11-15H2,1H3. The molecule has 174 valence electrons. The molecule has 1 aliphatic rings. The highest BCUT2D eigenvalue weighted by atomic mass is 32.2. The van der Waals surface area contributed by atoms with Gasteiger partial charge < -0.3 is 14.5 Å². The normalized spacial score (nSPS) is 17.9. The molecule has 32 heavy (non-hydrogen) atoms. The Balaban J connectivity index is 1.59. The van der Waals surface area contributed by atoms with Crippen molar-refractivity contribution in [1.82, 2.24) is 14.5 Å². The van der Waals surface area contributed by atoms with Gasteiger partial charge in [0.2, 0.25) is 15.9 Å². The van der Waals surface area contributed by atoms with Gasteiger partial charge in [0.25, 0.3) is 0 Å². The van der Waals surface area contributed by atoms with Gasteiger partial charge in [0.15, 0.2) is 0 Å². The monoisotopic (exact) mass is 471 g/mol. The van der Waals surface area contributed by atoms with Gasteiger partial charge in [-0.25, -0.2) is 13.1 Å². The van der Waals surface area contributed by atoms with Crippen molar-refractivity contribution < 1.29 is 31.1 Å². The molecule has 3 rings (SSSR count). The van der Waals surface area contributed by atoms with Crippen molar-refractivity contribution in [2.45, 2.75) is 23.7 Å². The molecular formula is C21H24F3N3O4S. The number of halogens is 3. The van der Waals surface area contributed by atoms with Crippen molar-refractivity contribution in [2.75, 3.05) is 33.2 Å². The smallest absolute Gasteiger partial charge is 0.406 e. The molecule has 1 atom stereocenters. The van der Waals surface area contributed by atoms with Gasteiger partial charge in [0.1, 0.15) is 5.75 Å². The Morgan fingerprint density at radius 2 is 1.75 bits per heavy atom. The Hall–Kier alpha value is -2.63. The number of likely N-dealkylation sites (N-methyl/N-ethyl adjacent to an activating group) is 1. The lowest BCUT2D eigenvalue weighted by Crippen LogP contribution is -2.49. The summed E-state index contributed by atoms with van der Waals surface area (Å²) in [6, 6.07) is 13.4. The summed E-state index contributed by atoms with van der Waals surface area (Å²) < 4.78 is 67.6. The Bertz CT molecular complexity index is 1010. The van der Waals surface area contributed by atoms with Gasteiger partial charge in [-0.2, -0.15) is 0 Å². The minimum Gasteiger partial charge on any atom is -0.406 e. The Kier molecular flexibility index (Phi) is 7.42. The van der Waals surface area contributed by atoms with Crippen LogP contribution in [0.25, 0.3) is 0 Å². The van der Waals surface area contributed by atoms with E-state index in [1.165, 1.54) is 0 Å². The maximum Gasteiger partial charge on any atom is 0.573 e. The highest BCUT2D eigenvalue weighted by molar-refractivity contribution is 7.89. The number of benzene rings is 2. The van der Waals surface area contributed by atoms with Crippen LogP contribution in [0.2, 0.25) is 0 Å². The van der Waals surface area contributed by atoms with Crippen molar-refractivity contribution in [3.8, 4) is 5.75 Å². The van der Waals surface area contributed by atoms with E-state index in [4.69, 9.17) is 0 Å². The lowest BCUT2D eigenvalue weighted by molar-refractivity contribution is -0.274. The van der Waals surface area contributed by atoms with Crippen LogP contribution in [0.4, 0.5) is 13.2 Å². The zero-order chi connectivity index (χ0) is 23.4. The van der Waals surface area contributed by atoms with Gasteiger partial charge in [-0.1, -0.05) is 30.3 Å². The molecule has 11 heteroatoms. The first-order chi connectivity index (χ1) is 15.0. The first-order valence-electron chi connectivity index (χ1n) is 9.93. The number of ether oxygens (including phenoxy) is 1. The van der Waals surface area contributed by atoms with Crippen LogP contribution in [0.1, 0.15) is 18.0 Å². The molecule has 0 aliphatic carbocycles. The number of nitrogens with one attached hydrogen (secondary N) is 1.